The molecule has 2 amide bonds. The van der Waals surface area contributed by atoms with Crippen LogP contribution in [0.5, 0.6) is 0 Å². The first kappa shape index (κ1) is 22.6. The number of halogens is 1. The average molecular weight is 472 g/mol. The fraction of sp³-hybridized carbons (Fsp3) is 0.650. The number of piperazine rings is 1. The second-order valence-electron chi connectivity index (χ2n) is 8.05. The predicted molar refractivity (Wildman–Crippen MR) is 121 cm³/mol. The third kappa shape index (κ3) is 5.25. The zero-order valence-corrected chi connectivity index (χ0v) is 19.2. The second-order valence-corrected chi connectivity index (χ2v) is 10.4. The molecule has 172 valence electrons. The van der Waals surface area contributed by atoms with Gasteiger partial charge in [0.05, 0.1) is 23.9 Å². The van der Waals surface area contributed by atoms with Crippen molar-refractivity contribution in [1.82, 2.24) is 13.5 Å². The minimum Gasteiger partial charge on any atom is -0.379 e. The summed E-state index contributed by atoms with van der Waals surface area (Å²) in [6.07, 6.45) is 3.59. The van der Waals surface area contributed by atoms with E-state index in [1.807, 2.05) is 12.1 Å². The van der Waals surface area contributed by atoms with Gasteiger partial charge in [-0.25, -0.2) is 4.79 Å². The van der Waals surface area contributed by atoms with E-state index in [1.54, 1.807) is 11.0 Å². The van der Waals surface area contributed by atoms with Gasteiger partial charge in [0.1, 0.15) is 0 Å². The van der Waals surface area contributed by atoms with Crippen molar-refractivity contribution in [3.63, 3.8) is 0 Å². The third-order valence-electron chi connectivity index (χ3n) is 6.04. The van der Waals surface area contributed by atoms with Crippen LogP contribution >= 0.6 is 11.6 Å². The number of carbonyl (C=O) groups excluding carboxylic acids is 1. The minimum absolute atomic E-state index is 0.245. The quantitative estimate of drug-likeness (QED) is 0.726. The lowest BCUT2D eigenvalue weighted by molar-refractivity contribution is 0.0691. The Morgan fingerprint density at radius 2 is 1.55 bits per heavy atom. The number of ether oxygens (including phenoxy) is 1. The van der Waals surface area contributed by atoms with Crippen LogP contribution in [0.25, 0.3) is 0 Å². The lowest BCUT2D eigenvalue weighted by Crippen LogP contribution is -2.56. The molecule has 0 unspecified atom stereocenters. The number of nitrogens with one attached hydrogen (secondary N) is 1. The number of urea groups is 1. The molecule has 9 nitrogen and oxygen atoms in total. The molecule has 1 N–H and O–H groups in total. The molecular formula is C20H30ClN5O4S. The van der Waals surface area contributed by atoms with Crippen LogP contribution in [0, 0.1) is 0 Å². The zero-order valence-electron chi connectivity index (χ0n) is 17.6. The Labute approximate surface area is 189 Å². The van der Waals surface area contributed by atoms with E-state index >= 15 is 0 Å². The molecule has 0 atom stereocenters. The first-order chi connectivity index (χ1) is 14.9. The van der Waals surface area contributed by atoms with Crippen LogP contribution in [0.3, 0.4) is 0 Å². The number of benzene rings is 1. The number of carbonyl (C=O) groups is 1. The lowest BCUT2D eigenvalue weighted by atomic mass is 10.1. The second kappa shape index (κ2) is 9.91. The Kier molecular flexibility index (Phi) is 7.22. The number of amides is 2. The summed E-state index contributed by atoms with van der Waals surface area (Å²) in [5, 5.41) is 3.51. The highest BCUT2D eigenvalue weighted by molar-refractivity contribution is 7.86. The van der Waals surface area contributed by atoms with Gasteiger partial charge in [-0.1, -0.05) is 11.6 Å². The number of hydrogen-bond donors (Lipinski definition) is 1. The van der Waals surface area contributed by atoms with Crippen molar-refractivity contribution < 1.29 is 17.9 Å². The maximum atomic E-state index is 12.8. The molecule has 3 saturated heterocycles. The van der Waals surface area contributed by atoms with Crippen molar-refractivity contribution in [2.45, 2.75) is 19.3 Å². The molecule has 1 aromatic carbocycles. The van der Waals surface area contributed by atoms with Crippen molar-refractivity contribution in [3.05, 3.63) is 23.2 Å². The van der Waals surface area contributed by atoms with Crippen molar-refractivity contribution in [1.29, 1.82) is 0 Å². The molecule has 4 rings (SSSR count). The summed E-state index contributed by atoms with van der Waals surface area (Å²) < 4.78 is 33.7. The summed E-state index contributed by atoms with van der Waals surface area (Å²) in [5.74, 6) is 0. The monoisotopic (exact) mass is 471 g/mol. The number of nitrogens with zero attached hydrogens (tertiary/aromatic N) is 4. The summed E-state index contributed by atoms with van der Waals surface area (Å²) in [7, 11) is -3.51. The summed E-state index contributed by atoms with van der Waals surface area (Å²) in [4.78, 5) is 16.6. The van der Waals surface area contributed by atoms with Gasteiger partial charge in [-0.05, 0) is 37.5 Å². The maximum absolute atomic E-state index is 12.8. The molecular weight excluding hydrogens is 442 g/mol. The van der Waals surface area contributed by atoms with Crippen LogP contribution in [0.1, 0.15) is 19.3 Å². The Hall–Kier alpha value is -1.59. The van der Waals surface area contributed by atoms with E-state index in [2.05, 4.69) is 10.2 Å². The molecule has 3 aliphatic rings. The van der Waals surface area contributed by atoms with E-state index in [9.17, 15) is 13.2 Å². The van der Waals surface area contributed by atoms with Gasteiger partial charge in [0.2, 0.25) is 0 Å². The average Bonchev–Trinajstić information content (AvgIpc) is 2.80. The van der Waals surface area contributed by atoms with Crippen molar-refractivity contribution in [2.24, 2.45) is 0 Å². The summed E-state index contributed by atoms with van der Waals surface area (Å²) in [6, 6.07) is 5.36. The molecule has 0 aliphatic carbocycles. The first-order valence-electron chi connectivity index (χ1n) is 10.9. The van der Waals surface area contributed by atoms with Crippen LogP contribution in [-0.2, 0) is 14.9 Å². The number of anilines is 2. The highest BCUT2D eigenvalue weighted by Crippen LogP contribution is 2.31. The SMILES string of the molecule is O=C(Nc1ccc(N2CCCCC2)c(Cl)c1)N1CCN(S(=O)(=O)N2CCOCC2)CC1. The van der Waals surface area contributed by atoms with Crippen LogP contribution in [-0.4, -0.2) is 93.5 Å². The fourth-order valence-electron chi connectivity index (χ4n) is 4.24. The topological polar surface area (TPSA) is 85.4 Å². The van der Waals surface area contributed by atoms with Gasteiger partial charge >= 0.3 is 6.03 Å². The third-order valence-corrected chi connectivity index (χ3v) is 8.38. The zero-order chi connectivity index (χ0) is 21.8. The van der Waals surface area contributed by atoms with Gasteiger partial charge in [-0.2, -0.15) is 17.0 Å². The molecule has 0 saturated carbocycles. The molecule has 0 radical (unpaired) electrons. The number of morpholine rings is 1. The maximum Gasteiger partial charge on any atom is 0.321 e. The van der Waals surface area contributed by atoms with Crippen molar-refractivity contribution >= 4 is 39.2 Å². The minimum atomic E-state index is -3.51. The van der Waals surface area contributed by atoms with Gasteiger partial charge in [0.25, 0.3) is 10.2 Å². The first-order valence-corrected chi connectivity index (χ1v) is 12.7. The number of hydrogen-bond acceptors (Lipinski definition) is 5. The Morgan fingerprint density at radius 3 is 2.19 bits per heavy atom. The Bertz CT molecular complexity index is 880. The van der Waals surface area contributed by atoms with Crippen LogP contribution in [0.15, 0.2) is 18.2 Å². The molecule has 0 aromatic heterocycles. The number of piperidine rings is 1. The molecule has 3 fully saturated rings. The van der Waals surface area contributed by atoms with E-state index < -0.39 is 10.2 Å². The van der Waals surface area contributed by atoms with Crippen LogP contribution < -0.4 is 10.2 Å². The van der Waals surface area contributed by atoms with Crippen molar-refractivity contribution in [3.8, 4) is 0 Å². The lowest BCUT2D eigenvalue weighted by Gasteiger charge is -2.37. The summed E-state index contributed by atoms with van der Waals surface area (Å²) in [6.45, 7) is 4.83. The standard InChI is InChI=1S/C20H30ClN5O4S/c21-18-16-17(4-5-19(18)23-6-2-1-3-7-23)22-20(27)24-8-10-25(11-9-24)31(28,29)26-12-14-30-15-13-26/h4-5,16H,1-3,6-15H2,(H,22,27). The van der Waals surface area contributed by atoms with Crippen LogP contribution in [0.4, 0.5) is 16.2 Å². The highest BCUT2D eigenvalue weighted by Gasteiger charge is 2.34. The van der Waals surface area contributed by atoms with Gasteiger partial charge < -0.3 is 19.9 Å². The largest absolute Gasteiger partial charge is 0.379 e. The van der Waals surface area contributed by atoms with E-state index in [1.165, 1.54) is 27.9 Å². The predicted octanol–water partition coefficient (Wildman–Crippen LogP) is 2.06. The van der Waals surface area contributed by atoms with Gasteiger partial charge in [-0.3, -0.25) is 0 Å². The van der Waals surface area contributed by atoms with E-state index in [0.717, 1.165) is 18.8 Å². The molecule has 0 spiro atoms. The molecule has 3 heterocycles. The smallest absolute Gasteiger partial charge is 0.321 e. The normalized spacial score (nSPS) is 21.8. The van der Waals surface area contributed by atoms with Crippen molar-refractivity contribution in [2.75, 3.05) is 75.8 Å². The van der Waals surface area contributed by atoms with Gasteiger partial charge in [0, 0.05) is 58.0 Å². The number of rotatable bonds is 4. The Balaban J connectivity index is 1.31. The molecule has 11 heteroatoms. The molecule has 3 aliphatic heterocycles. The molecule has 1 aromatic rings. The fourth-order valence-corrected chi connectivity index (χ4v) is 6.10. The van der Waals surface area contributed by atoms with E-state index in [-0.39, 0.29) is 19.1 Å². The Morgan fingerprint density at radius 1 is 0.903 bits per heavy atom. The van der Waals surface area contributed by atoms with Gasteiger partial charge in [-0.15, -0.1) is 0 Å². The summed E-state index contributed by atoms with van der Waals surface area (Å²) >= 11 is 6.48. The molecule has 0 bridgehead atoms. The van der Waals surface area contributed by atoms with Crippen LogP contribution in [0.2, 0.25) is 5.02 Å². The van der Waals surface area contributed by atoms with Gasteiger partial charge in [0.15, 0.2) is 0 Å². The van der Waals surface area contributed by atoms with E-state index in [0.29, 0.717) is 50.1 Å². The highest BCUT2D eigenvalue weighted by atomic mass is 35.5. The molecule has 31 heavy (non-hydrogen) atoms. The summed E-state index contributed by atoms with van der Waals surface area (Å²) in [5.41, 5.74) is 1.64. The van der Waals surface area contributed by atoms with E-state index in [4.69, 9.17) is 16.3 Å².